The van der Waals surface area contributed by atoms with E-state index >= 15 is 0 Å². The lowest BCUT2D eigenvalue weighted by molar-refractivity contribution is 0.121. The average Bonchev–Trinajstić information content (AvgIpc) is 3.14. The highest BCUT2D eigenvalue weighted by Gasteiger charge is 2.23. The number of fused-ring (bicyclic) bond motifs is 1. The molecule has 0 unspecified atom stereocenters. The van der Waals surface area contributed by atoms with E-state index in [9.17, 15) is 0 Å². The van der Waals surface area contributed by atoms with Gasteiger partial charge in [-0.2, -0.15) is 0 Å². The van der Waals surface area contributed by atoms with Crippen molar-refractivity contribution in [3.63, 3.8) is 0 Å². The number of nitrogens with two attached hydrogens (primary N) is 1. The van der Waals surface area contributed by atoms with Crippen molar-refractivity contribution in [2.24, 2.45) is 23.7 Å². The summed E-state index contributed by atoms with van der Waals surface area (Å²) in [6.45, 7) is 10.1. The summed E-state index contributed by atoms with van der Waals surface area (Å²) in [5, 5.41) is 3.30. The molecular formula is C27H42N5O2P. The third kappa shape index (κ3) is 6.85. The molecule has 1 aromatic heterocycles. The molecular weight excluding hydrogens is 457 g/mol. The number of nitrogens with zero attached hydrogens (tertiary/aromatic N) is 3. The van der Waals surface area contributed by atoms with E-state index in [1.54, 1.807) is 0 Å². The second kappa shape index (κ2) is 12.9. The van der Waals surface area contributed by atoms with E-state index in [1.165, 1.54) is 50.9 Å². The summed E-state index contributed by atoms with van der Waals surface area (Å²) in [6, 6.07) is 8.59. The number of aromatic nitrogens is 1. The van der Waals surface area contributed by atoms with Gasteiger partial charge < -0.3 is 29.6 Å². The van der Waals surface area contributed by atoms with Crippen LogP contribution in [0.4, 0.5) is 5.82 Å². The minimum absolute atomic E-state index is 0.522. The van der Waals surface area contributed by atoms with E-state index in [0.717, 1.165) is 41.0 Å². The van der Waals surface area contributed by atoms with Crippen molar-refractivity contribution in [2.75, 3.05) is 51.0 Å². The Morgan fingerprint density at radius 3 is 2.54 bits per heavy atom. The lowest BCUT2D eigenvalue weighted by atomic mass is 9.84. The molecule has 1 aliphatic carbocycles. The van der Waals surface area contributed by atoms with E-state index in [2.05, 4.69) is 50.2 Å². The largest absolute Gasteiger partial charge is 0.383 e. The lowest BCUT2D eigenvalue weighted by Gasteiger charge is -2.37. The minimum atomic E-state index is -0.813. The molecule has 5 rings (SSSR count). The molecule has 0 atom stereocenters. The van der Waals surface area contributed by atoms with Gasteiger partial charge in [-0.25, -0.2) is 4.99 Å². The lowest BCUT2D eigenvalue weighted by Crippen LogP contribution is -2.41. The van der Waals surface area contributed by atoms with Crippen LogP contribution in [0.3, 0.4) is 0 Å². The second-order valence-electron chi connectivity index (χ2n) is 9.55. The van der Waals surface area contributed by atoms with Crippen LogP contribution in [0.5, 0.6) is 0 Å². The zero-order valence-electron chi connectivity index (χ0n) is 21.6. The Bertz CT molecular complexity index is 966. The predicted molar refractivity (Wildman–Crippen MR) is 147 cm³/mol. The van der Waals surface area contributed by atoms with Crippen LogP contribution in [-0.4, -0.2) is 61.0 Å². The Hall–Kier alpha value is -1.92. The molecule has 1 aromatic carbocycles. The Labute approximate surface area is 212 Å². The number of anilines is 1. The smallest absolute Gasteiger partial charge is 0.170 e. The molecule has 3 heterocycles. The number of hydrogen-bond acceptors (Lipinski definition) is 6. The summed E-state index contributed by atoms with van der Waals surface area (Å²) >= 11 is 0. The van der Waals surface area contributed by atoms with Crippen LogP contribution in [0.25, 0.3) is 11.1 Å². The van der Waals surface area contributed by atoms with Gasteiger partial charge in [-0.05, 0) is 69.7 Å². The Kier molecular flexibility index (Phi) is 9.61. The third-order valence-corrected chi connectivity index (χ3v) is 8.67. The zero-order chi connectivity index (χ0) is 24.6. The number of rotatable bonds is 10. The highest BCUT2D eigenvalue weighted by molar-refractivity contribution is 7.47. The quantitative estimate of drug-likeness (QED) is 0.440. The number of likely N-dealkylation sites (tertiary alicyclic amines) is 1. The van der Waals surface area contributed by atoms with Gasteiger partial charge in [0.2, 0.25) is 0 Å². The molecule has 0 spiro atoms. The number of nitrogens with one attached hydrogen (secondary N) is 1. The van der Waals surface area contributed by atoms with Gasteiger partial charge in [-0.3, -0.25) is 0 Å². The van der Waals surface area contributed by atoms with Gasteiger partial charge in [0.25, 0.3) is 0 Å². The predicted octanol–water partition coefficient (Wildman–Crippen LogP) is 5.20. The van der Waals surface area contributed by atoms with Crippen LogP contribution >= 0.6 is 8.38 Å². The topological polar surface area (TPSA) is 77.0 Å². The van der Waals surface area contributed by atoms with Gasteiger partial charge in [0.05, 0.1) is 18.8 Å². The van der Waals surface area contributed by atoms with Gasteiger partial charge in [0.15, 0.2) is 8.38 Å². The molecule has 3 aliphatic rings. The highest BCUT2D eigenvalue weighted by atomic mass is 31.2. The normalized spacial score (nSPS) is 17.5. The average molecular weight is 500 g/mol. The van der Waals surface area contributed by atoms with Gasteiger partial charge in [-0.15, -0.1) is 0 Å². The van der Waals surface area contributed by atoms with E-state index in [-0.39, 0.29) is 0 Å². The first-order chi connectivity index (χ1) is 17.1. The number of amidine groups is 1. The summed E-state index contributed by atoms with van der Waals surface area (Å²) in [5.41, 5.74) is 10.7. The van der Waals surface area contributed by atoms with E-state index in [1.807, 2.05) is 20.9 Å². The summed E-state index contributed by atoms with van der Waals surface area (Å²) in [4.78, 5) is 6.92. The van der Waals surface area contributed by atoms with Crippen LogP contribution in [0.1, 0.15) is 50.7 Å². The first-order valence-corrected chi connectivity index (χ1v) is 14.5. The molecule has 2 aliphatic heterocycles. The van der Waals surface area contributed by atoms with Crippen molar-refractivity contribution in [1.82, 2.24) is 9.47 Å². The van der Waals surface area contributed by atoms with Gasteiger partial charge in [0, 0.05) is 31.5 Å². The van der Waals surface area contributed by atoms with E-state index in [4.69, 9.17) is 14.8 Å². The Morgan fingerprint density at radius 2 is 1.91 bits per heavy atom. The fourth-order valence-electron chi connectivity index (χ4n) is 4.77. The molecule has 0 amide bonds. The SMILES string of the molecule is C1CC(CN2CCC2)C1.CCOP(CCc1cccc(-c2cn(C)c3c2C(N)=NCN3)c1)OCC. The Balaban J connectivity index is 0.000000266. The standard InChI is InChI=1S/C19H27N4O2P.C8H15N/c1-4-24-26(25-5-2)10-9-14-7-6-8-15(11-14)16-12-23(3)19-17(16)18(20)21-13-22-19;1-3-8(4-1)7-9-5-2-6-9/h6-8,11-12,22H,4-5,9-10,13H2,1-3H3,(H2,20,21);8H,1-7H2. The van der Waals surface area contributed by atoms with Crippen molar-refractivity contribution < 1.29 is 9.05 Å². The van der Waals surface area contributed by atoms with Gasteiger partial charge in [-0.1, -0.05) is 30.7 Å². The number of benzene rings is 1. The van der Waals surface area contributed by atoms with Crippen LogP contribution in [0.15, 0.2) is 35.5 Å². The van der Waals surface area contributed by atoms with Crippen molar-refractivity contribution in [1.29, 1.82) is 0 Å². The second-order valence-corrected chi connectivity index (χ2v) is 11.2. The van der Waals surface area contributed by atoms with Gasteiger partial charge in [0.1, 0.15) is 18.3 Å². The molecule has 1 saturated heterocycles. The molecule has 35 heavy (non-hydrogen) atoms. The Morgan fingerprint density at radius 1 is 1.14 bits per heavy atom. The van der Waals surface area contributed by atoms with Crippen molar-refractivity contribution >= 4 is 20.0 Å². The van der Waals surface area contributed by atoms with E-state index < -0.39 is 8.38 Å². The molecule has 192 valence electrons. The minimum Gasteiger partial charge on any atom is -0.383 e. The fourth-order valence-corrected chi connectivity index (χ4v) is 6.12. The zero-order valence-corrected chi connectivity index (χ0v) is 22.5. The first kappa shape index (κ1) is 26.2. The van der Waals surface area contributed by atoms with Crippen LogP contribution in [0, 0.1) is 5.92 Å². The van der Waals surface area contributed by atoms with Crippen molar-refractivity contribution in [3.8, 4) is 11.1 Å². The summed E-state index contributed by atoms with van der Waals surface area (Å²) in [6.07, 6.45) is 9.91. The maximum absolute atomic E-state index is 6.17. The molecule has 2 fully saturated rings. The van der Waals surface area contributed by atoms with Gasteiger partial charge >= 0.3 is 0 Å². The maximum atomic E-state index is 6.17. The van der Waals surface area contributed by atoms with Crippen molar-refractivity contribution in [2.45, 2.75) is 46.0 Å². The van der Waals surface area contributed by atoms with Crippen LogP contribution in [0.2, 0.25) is 0 Å². The number of aliphatic imine (C=N–C) groups is 1. The maximum Gasteiger partial charge on any atom is 0.170 e. The monoisotopic (exact) mass is 499 g/mol. The highest BCUT2D eigenvalue weighted by Crippen LogP contribution is 2.39. The van der Waals surface area contributed by atoms with Crippen LogP contribution < -0.4 is 11.1 Å². The molecule has 8 heteroatoms. The fraction of sp³-hybridized carbons (Fsp3) is 0.593. The molecule has 2 aromatic rings. The first-order valence-electron chi connectivity index (χ1n) is 13.2. The molecule has 0 bridgehead atoms. The summed E-state index contributed by atoms with van der Waals surface area (Å²) in [5.74, 6) is 2.70. The van der Waals surface area contributed by atoms with Crippen molar-refractivity contribution in [3.05, 3.63) is 41.6 Å². The molecule has 3 N–H and O–H groups in total. The molecule has 1 saturated carbocycles. The van der Waals surface area contributed by atoms with Crippen LogP contribution in [-0.2, 0) is 22.5 Å². The third-order valence-electron chi connectivity index (χ3n) is 6.99. The number of aryl methyl sites for hydroxylation is 2. The molecule has 7 nitrogen and oxygen atoms in total. The summed E-state index contributed by atoms with van der Waals surface area (Å²) < 4.78 is 13.5. The van der Waals surface area contributed by atoms with E-state index in [0.29, 0.717) is 25.7 Å². The number of hydrogen-bond donors (Lipinski definition) is 2. The molecule has 0 radical (unpaired) electrons. The summed E-state index contributed by atoms with van der Waals surface area (Å²) in [7, 11) is 1.21.